The van der Waals surface area contributed by atoms with Gasteiger partial charge in [-0.05, 0) is 49.1 Å². The average Bonchev–Trinajstić information content (AvgIpc) is 3.22. The molecule has 0 radical (unpaired) electrons. The first-order valence-corrected chi connectivity index (χ1v) is 8.50. The second kappa shape index (κ2) is 6.45. The molecule has 2 fully saturated rings. The molecule has 3 rings (SSSR count). The molecule has 0 amide bonds. The van der Waals surface area contributed by atoms with Crippen LogP contribution in [0.25, 0.3) is 0 Å². The summed E-state index contributed by atoms with van der Waals surface area (Å²) < 4.78 is 0. The van der Waals surface area contributed by atoms with E-state index in [1.54, 1.807) is 0 Å². The molecule has 2 unspecified atom stereocenters. The van der Waals surface area contributed by atoms with E-state index < -0.39 is 0 Å². The van der Waals surface area contributed by atoms with Crippen molar-refractivity contribution in [3.8, 4) is 0 Å². The molecule has 2 atom stereocenters. The minimum Gasteiger partial charge on any atom is -0.311 e. The lowest BCUT2D eigenvalue weighted by Gasteiger charge is -2.41. The third-order valence-corrected chi connectivity index (χ3v) is 4.78. The van der Waals surface area contributed by atoms with Crippen molar-refractivity contribution in [2.45, 2.75) is 58.7 Å². The number of hydrogen-bond donors (Lipinski definition) is 1. The van der Waals surface area contributed by atoms with E-state index in [1.807, 2.05) is 12.4 Å². The Bertz CT molecular complexity index is 467. The van der Waals surface area contributed by atoms with Gasteiger partial charge in [-0.25, -0.2) is 0 Å². The van der Waals surface area contributed by atoms with Crippen molar-refractivity contribution in [1.29, 1.82) is 0 Å². The van der Waals surface area contributed by atoms with Crippen LogP contribution in [0.4, 0.5) is 0 Å². The summed E-state index contributed by atoms with van der Waals surface area (Å²) in [7, 11) is 0. The van der Waals surface area contributed by atoms with Gasteiger partial charge in [0.1, 0.15) is 0 Å². The van der Waals surface area contributed by atoms with Crippen molar-refractivity contribution in [3.05, 3.63) is 29.6 Å². The van der Waals surface area contributed by atoms with Gasteiger partial charge in [0, 0.05) is 44.1 Å². The molecule has 0 bridgehead atoms. The number of nitrogens with one attached hydrogen (secondary N) is 1. The highest BCUT2D eigenvalue weighted by Crippen LogP contribution is 2.37. The van der Waals surface area contributed by atoms with Gasteiger partial charge in [0.15, 0.2) is 0 Å². The third kappa shape index (κ3) is 4.04. The molecular weight excluding hydrogens is 258 g/mol. The quantitative estimate of drug-likeness (QED) is 0.902. The van der Waals surface area contributed by atoms with E-state index in [2.05, 4.69) is 42.0 Å². The normalized spacial score (nSPS) is 27.2. The van der Waals surface area contributed by atoms with Crippen molar-refractivity contribution < 1.29 is 0 Å². The molecule has 3 heteroatoms. The Labute approximate surface area is 129 Å². The number of pyridine rings is 1. The van der Waals surface area contributed by atoms with Crippen LogP contribution in [0.3, 0.4) is 0 Å². The Balaban J connectivity index is 1.68. The first kappa shape index (κ1) is 15.0. The minimum absolute atomic E-state index is 0.651. The van der Waals surface area contributed by atoms with E-state index >= 15 is 0 Å². The molecule has 2 aliphatic rings. The maximum atomic E-state index is 4.36. The summed E-state index contributed by atoms with van der Waals surface area (Å²) in [5, 5.41) is 3.79. The molecule has 1 aromatic heterocycles. The molecule has 3 nitrogen and oxygen atoms in total. The Morgan fingerprint density at radius 3 is 2.81 bits per heavy atom. The van der Waals surface area contributed by atoms with Crippen LogP contribution in [0.2, 0.25) is 0 Å². The molecule has 1 N–H and O–H groups in total. The lowest BCUT2D eigenvalue weighted by atomic mass is 9.97. The summed E-state index contributed by atoms with van der Waals surface area (Å²) in [4.78, 5) is 7.08. The Morgan fingerprint density at radius 1 is 1.33 bits per heavy atom. The van der Waals surface area contributed by atoms with E-state index in [1.165, 1.54) is 43.5 Å². The lowest BCUT2D eigenvalue weighted by molar-refractivity contribution is 0.100. The van der Waals surface area contributed by atoms with Crippen LogP contribution in [-0.2, 0) is 6.54 Å². The topological polar surface area (TPSA) is 28.2 Å². The van der Waals surface area contributed by atoms with Gasteiger partial charge < -0.3 is 5.32 Å². The average molecular weight is 287 g/mol. The fourth-order valence-electron chi connectivity index (χ4n) is 3.69. The van der Waals surface area contributed by atoms with Crippen molar-refractivity contribution in [1.82, 2.24) is 15.2 Å². The molecule has 21 heavy (non-hydrogen) atoms. The Morgan fingerprint density at radius 2 is 2.14 bits per heavy atom. The Kier molecular flexibility index (Phi) is 4.60. The maximum absolute atomic E-state index is 4.36. The largest absolute Gasteiger partial charge is 0.311 e. The number of aryl methyl sites for hydroxylation is 1. The number of nitrogens with zero attached hydrogens (tertiary/aromatic N) is 2. The summed E-state index contributed by atoms with van der Waals surface area (Å²) in [6, 6.07) is 3.67. The molecule has 2 heterocycles. The number of piperazine rings is 1. The molecule has 0 spiro atoms. The van der Waals surface area contributed by atoms with Crippen molar-refractivity contribution in [3.63, 3.8) is 0 Å². The minimum atomic E-state index is 0.651. The van der Waals surface area contributed by atoms with Gasteiger partial charge in [-0.1, -0.05) is 19.9 Å². The van der Waals surface area contributed by atoms with Gasteiger partial charge in [-0.15, -0.1) is 0 Å². The summed E-state index contributed by atoms with van der Waals surface area (Å²) in [5.74, 6) is 1.69. The number of aromatic nitrogens is 1. The van der Waals surface area contributed by atoms with E-state index in [0.29, 0.717) is 6.04 Å². The fourth-order valence-corrected chi connectivity index (χ4v) is 3.69. The van der Waals surface area contributed by atoms with Crippen LogP contribution < -0.4 is 5.32 Å². The Hall–Kier alpha value is -0.930. The third-order valence-electron chi connectivity index (χ3n) is 4.78. The fraction of sp³-hybridized carbons (Fsp3) is 0.722. The van der Waals surface area contributed by atoms with Crippen molar-refractivity contribution in [2.75, 3.05) is 13.1 Å². The van der Waals surface area contributed by atoms with E-state index in [0.717, 1.165) is 24.4 Å². The second-order valence-electron chi connectivity index (χ2n) is 7.44. The molecule has 0 aromatic carbocycles. The molecule has 1 aliphatic carbocycles. The SMILES string of the molecule is Cc1cncc(CN2CC(CC(C)C)NCC2C2CC2)c1. The van der Waals surface area contributed by atoms with E-state index in [-0.39, 0.29) is 0 Å². The van der Waals surface area contributed by atoms with Crippen LogP contribution >= 0.6 is 0 Å². The van der Waals surface area contributed by atoms with Gasteiger partial charge in [-0.2, -0.15) is 0 Å². The predicted molar refractivity (Wildman–Crippen MR) is 87.1 cm³/mol. The monoisotopic (exact) mass is 287 g/mol. The first-order chi connectivity index (χ1) is 10.1. The zero-order valence-corrected chi connectivity index (χ0v) is 13.7. The number of rotatable bonds is 5. The van der Waals surface area contributed by atoms with Gasteiger partial charge >= 0.3 is 0 Å². The van der Waals surface area contributed by atoms with E-state index in [4.69, 9.17) is 0 Å². The van der Waals surface area contributed by atoms with Crippen molar-refractivity contribution in [2.24, 2.45) is 11.8 Å². The zero-order valence-electron chi connectivity index (χ0n) is 13.7. The van der Waals surface area contributed by atoms with Crippen LogP contribution in [0, 0.1) is 18.8 Å². The van der Waals surface area contributed by atoms with Crippen molar-refractivity contribution >= 4 is 0 Å². The van der Waals surface area contributed by atoms with Gasteiger partial charge in [0.2, 0.25) is 0 Å². The maximum Gasteiger partial charge on any atom is 0.0313 e. The first-order valence-electron chi connectivity index (χ1n) is 8.50. The summed E-state index contributed by atoms with van der Waals surface area (Å²) >= 11 is 0. The molecule has 1 saturated heterocycles. The molecule has 116 valence electrons. The molecule has 1 saturated carbocycles. The summed E-state index contributed by atoms with van der Waals surface area (Å²) in [6.07, 6.45) is 8.10. The van der Waals surface area contributed by atoms with Crippen LogP contribution in [0.1, 0.15) is 44.2 Å². The highest BCUT2D eigenvalue weighted by atomic mass is 15.2. The van der Waals surface area contributed by atoms with Crippen LogP contribution in [0.5, 0.6) is 0 Å². The van der Waals surface area contributed by atoms with Gasteiger partial charge in [-0.3, -0.25) is 9.88 Å². The summed E-state index contributed by atoms with van der Waals surface area (Å²) in [6.45, 7) is 10.2. The highest BCUT2D eigenvalue weighted by Gasteiger charge is 2.38. The molecule has 1 aromatic rings. The molecule has 1 aliphatic heterocycles. The standard InChI is InChI=1S/C18H29N3/c1-13(2)6-17-12-21(18(10-20-17)16-4-5-16)11-15-7-14(3)8-19-9-15/h7-9,13,16-18,20H,4-6,10-12H2,1-3H3. The van der Waals surface area contributed by atoms with Crippen LogP contribution in [-0.4, -0.2) is 35.1 Å². The zero-order chi connectivity index (χ0) is 14.8. The number of hydrogen-bond acceptors (Lipinski definition) is 3. The summed E-state index contributed by atoms with van der Waals surface area (Å²) in [5.41, 5.74) is 2.63. The predicted octanol–water partition coefficient (Wildman–Crippen LogP) is 2.99. The van der Waals surface area contributed by atoms with Gasteiger partial charge in [0.05, 0.1) is 0 Å². The lowest BCUT2D eigenvalue weighted by Crippen LogP contribution is -2.57. The van der Waals surface area contributed by atoms with Gasteiger partial charge in [0.25, 0.3) is 0 Å². The van der Waals surface area contributed by atoms with E-state index in [9.17, 15) is 0 Å². The molecular formula is C18H29N3. The smallest absolute Gasteiger partial charge is 0.0313 e. The second-order valence-corrected chi connectivity index (χ2v) is 7.44. The highest BCUT2D eigenvalue weighted by molar-refractivity contribution is 5.17. The van der Waals surface area contributed by atoms with Crippen LogP contribution in [0.15, 0.2) is 18.5 Å².